The summed E-state index contributed by atoms with van der Waals surface area (Å²) >= 11 is 0. The molecule has 0 radical (unpaired) electrons. The predicted octanol–water partition coefficient (Wildman–Crippen LogP) is 1.78. The van der Waals surface area contributed by atoms with Crippen molar-refractivity contribution in [3.05, 3.63) is 18.0 Å². The number of nitrogens with two attached hydrogens (primary N) is 1. The molecule has 1 aromatic rings. The van der Waals surface area contributed by atoms with Crippen molar-refractivity contribution in [2.75, 3.05) is 19.6 Å². The van der Waals surface area contributed by atoms with Crippen LogP contribution in [-0.4, -0.2) is 34.3 Å². The van der Waals surface area contributed by atoms with Gasteiger partial charge in [-0.05, 0) is 25.5 Å². The van der Waals surface area contributed by atoms with Gasteiger partial charge in [-0.25, -0.2) is 0 Å². The van der Waals surface area contributed by atoms with Gasteiger partial charge in [-0.2, -0.15) is 5.10 Å². The Bertz CT molecular complexity index is 328. The lowest BCUT2D eigenvalue weighted by molar-refractivity contribution is 0.282. The Morgan fingerprint density at radius 3 is 2.88 bits per heavy atom. The zero-order chi connectivity index (χ0) is 12.1. The number of hydrogen-bond acceptors (Lipinski definition) is 3. The van der Waals surface area contributed by atoms with Gasteiger partial charge in [0.15, 0.2) is 0 Å². The average Bonchev–Trinajstić information content (AvgIpc) is 2.98. The van der Waals surface area contributed by atoms with Gasteiger partial charge in [-0.1, -0.05) is 19.8 Å². The monoisotopic (exact) mass is 236 g/mol. The Morgan fingerprint density at radius 2 is 2.24 bits per heavy atom. The van der Waals surface area contributed by atoms with E-state index in [-0.39, 0.29) is 0 Å². The summed E-state index contributed by atoms with van der Waals surface area (Å²) in [5.41, 5.74) is 6.77. The second-order valence-corrected chi connectivity index (χ2v) is 4.88. The third kappa shape index (κ3) is 3.30. The van der Waals surface area contributed by atoms with Gasteiger partial charge >= 0.3 is 0 Å². The maximum atomic E-state index is 5.60. The molecule has 2 rings (SSSR count). The number of rotatable bonds is 6. The van der Waals surface area contributed by atoms with Gasteiger partial charge in [-0.15, -0.1) is 0 Å². The van der Waals surface area contributed by atoms with Crippen molar-refractivity contribution in [2.24, 2.45) is 5.73 Å². The third-order valence-electron chi connectivity index (χ3n) is 3.64. The molecule has 17 heavy (non-hydrogen) atoms. The minimum Gasteiger partial charge on any atom is -0.329 e. The second kappa shape index (κ2) is 6.17. The Balaban J connectivity index is 1.92. The predicted molar refractivity (Wildman–Crippen MR) is 69.7 cm³/mol. The molecule has 1 aromatic heterocycles. The van der Waals surface area contributed by atoms with Gasteiger partial charge in [0.1, 0.15) is 0 Å². The van der Waals surface area contributed by atoms with Crippen molar-refractivity contribution >= 4 is 0 Å². The van der Waals surface area contributed by atoms with Crippen molar-refractivity contribution < 1.29 is 0 Å². The third-order valence-corrected chi connectivity index (χ3v) is 3.64. The number of aromatic nitrogens is 2. The molecule has 0 bridgehead atoms. The zero-order valence-electron chi connectivity index (χ0n) is 10.8. The maximum Gasteiger partial charge on any atom is 0.0764 e. The van der Waals surface area contributed by atoms with Gasteiger partial charge < -0.3 is 5.73 Å². The van der Waals surface area contributed by atoms with Crippen LogP contribution in [0, 0.1) is 0 Å². The fourth-order valence-electron chi connectivity index (χ4n) is 2.59. The molecule has 0 aromatic carbocycles. The van der Waals surface area contributed by atoms with Gasteiger partial charge in [0.25, 0.3) is 0 Å². The van der Waals surface area contributed by atoms with Gasteiger partial charge in [0.2, 0.25) is 0 Å². The van der Waals surface area contributed by atoms with Crippen LogP contribution in [0.1, 0.15) is 44.3 Å². The molecule has 0 unspecified atom stereocenters. The van der Waals surface area contributed by atoms with Crippen LogP contribution >= 0.6 is 0 Å². The molecule has 96 valence electrons. The molecule has 1 heterocycles. The van der Waals surface area contributed by atoms with E-state index in [0.29, 0.717) is 6.04 Å². The first-order valence-electron chi connectivity index (χ1n) is 6.80. The van der Waals surface area contributed by atoms with E-state index in [0.717, 1.165) is 26.2 Å². The lowest BCUT2D eigenvalue weighted by atomic mass is 10.3. The lowest BCUT2D eigenvalue weighted by Gasteiger charge is -2.17. The Labute approximate surface area is 104 Å². The number of likely N-dealkylation sites (N-methyl/N-ethyl adjacent to an activating group) is 1. The molecule has 0 aliphatic heterocycles. The van der Waals surface area contributed by atoms with Crippen LogP contribution in [0.2, 0.25) is 0 Å². The van der Waals surface area contributed by atoms with E-state index in [1.807, 2.05) is 0 Å². The van der Waals surface area contributed by atoms with Crippen molar-refractivity contribution in [3.8, 4) is 0 Å². The van der Waals surface area contributed by atoms with Crippen LogP contribution in [0.25, 0.3) is 0 Å². The number of hydrogen-bond donors (Lipinski definition) is 1. The van der Waals surface area contributed by atoms with Crippen molar-refractivity contribution in [1.82, 2.24) is 14.7 Å². The lowest BCUT2D eigenvalue weighted by Crippen LogP contribution is -2.29. The Kier molecular flexibility index (Phi) is 4.57. The minimum absolute atomic E-state index is 0.647. The molecule has 2 N–H and O–H groups in total. The summed E-state index contributed by atoms with van der Waals surface area (Å²) in [5.74, 6) is 0. The van der Waals surface area contributed by atoms with E-state index in [4.69, 9.17) is 10.8 Å². The van der Waals surface area contributed by atoms with Crippen LogP contribution in [0.3, 0.4) is 0 Å². The molecule has 4 nitrogen and oxygen atoms in total. The van der Waals surface area contributed by atoms with E-state index in [2.05, 4.69) is 28.8 Å². The summed E-state index contributed by atoms with van der Waals surface area (Å²) < 4.78 is 2.17. The highest BCUT2D eigenvalue weighted by Crippen LogP contribution is 2.28. The van der Waals surface area contributed by atoms with Crippen molar-refractivity contribution in [2.45, 2.75) is 45.2 Å². The van der Waals surface area contributed by atoms with Gasteiger partial charge in [0, 0.05) is 25.8 Å². The Morgan fingerprint density at radius 1 is 1.47 bits per heavy atom. The minimum atomic E-state index is 0.647. The molecule has 4 heteroatoms. The fraction of sp³-hybridized carbons (Fsp3) is 0.769. The van der Waals surface area contributed by atoms with Crippen LogP contribution in [0.4, 0.5) is 0 Å². The molecule has 1 aliphatic carbocycles. The largest absolute Gasteiger partial charge is 0.329 e. The summed E-state index contributed by atoms with van der Waals surface area (Å²) in [5, 5.41) is 4.70. The highest BCUT2D eigenvalue weighted by Gasteiger charge is 2.17. The quantitative estimate of drug-likeness (QED) is 0.819. The SMILES string of the molecule is CCN(CCN)Cc1ccn(C2CCCC2)n1. The Hall–Kier alpha value is -0.870. The first kappa shape index (κ1) is 12.6. The molecule has 1 fully saturated rings. The van der Waals surface area contributed by atoms with E-state index in [9.17, 15) is 0 Å². The van der Waals surface area contributed by atoms with Crippen molar-refractivity contribution in [1.29, 1.82) is 0 Å². The molecule has 0 spiro atoms. The van der Waals surface area contributed by atoms with Crippen LogP contribution in [-0.2, 0) is 6.54 Å². The molecule has 1 aliphatic rings. The summed E-state index contributed by atoms with van der Waals surface area (Å²) in [6.07, 6.45) is 7.44. The molecule has 1 saturated carbocycles. The standard InChI is InChI=1S/C13H24N4/c1-2-16(10-8-14)11-12-7-9-17(15-12)13-5-3-4-6-13/h7,9,13H,2-6,8,10-11,14H2,1H3. The van der Waals surface area contributed by atoms with E-state index in [1.165, 1.54) is 31.4 Å². The van der Waals surface area contributed by atoms with E-state index < -0.39 is 0 Å². The highest BCUT2D eigenvalue weighted by molar-refractivity contribution is 5.00. The normalized spacial score (nSPS) is 17.1. The van der Waals surface area contributed by atoms with Crippen molar-refractivity contribution in [3.63, 3.8) is 0 Å². The van der Waals surface area contributed by atoms with Crippen LogP contribution in [0.15, 0.2) is 12.3 Å². The number of nitrogens with zero attached hydrogens (tertiary/aromatic N) is 3. The smallest absolute Gasteiger partial charge is 0.0764 e. The second-order valence-electron chi connectivity index (χ2n) is 4.88. The maximum absolute atomic E-state index is 5.60. The topological polar surface area (TPSA) is 47.1 Å². The van der Waals surface area contributed by atoms with Gasteiger partial charge in [-0.3, -0.25) is 9.58 Å². The highest BCUT2D eigenvalue weighted by atomic mass is 15.3. The molecular weight excluding hydrogens is 212 g/mol. The molecule has 0 amide bonds. The molecular formula is C13H24N4. The zero-order valence-corrected chi connectivity index (χ0v) is 10.8. The van der Waals surface area contributed by atoms with Crippen LogP contribution in [0.5, 0.6) is 0 Å². The fourth-order valence-corrected chi connectivity index (χ4v) is 2.59. The molecule has 0 atom stereocenters. The molecule has 0 saturated heterocycles. The van der Waals surface area contributed by atoms with E-state index in [1.54, 1.807) is 0 Å². The average molecular weight is 236 g/mol. The first-order chi connectivity index (χ1) is 8.33. The first-order valence-corrected chi connectivity index (χ1v) is 6.80. The van der Waals surface area contributed by atoms with Crippen LogP contribution < -0.4 is 5.73 Å². The van der Waals surface area contributed by atoms with Gasteiger partial charge in [0.05, 0.1) is 11.7 Å². The summed E-state index contributed by atoms with van der Waals surface area (Å²) in [4.78, 5) is 2.33. The summed E-state index contributed by atoms with van der Waals surface area (Å²) in [6, 6.07) is 2.80. The summed E-state index contributed by atoms with van der Waals surface area (Å²) in [7, 11) is 0. The summed E-state index contributed by atoms with van der Waals surface area (Å²) in [6.45, 7) is 5.80. The van der Waals surface area contributed by atoms with E-state index >= 15 is 0 Å².